The van der Waals surface area contributed by atoms with Gasteiger partial charge in [0.25, 0.3) is 5.91 Å². The van der Waals surface area contributed by atoms with Crippen molar-refractivity contribution >= 4 is 23.7 Å². The summed E-state index contributed by atoms with van der Waals surface area (Å²) in [6.45, 7) is 7.50. The number of amides is 2. The standard InChI is InChI=1S/C15H22N4O2S/c1-12-14(15(21)19-8-6-18(11-20)7-9-19)22-13(16-12)10-17-4-2-3-5-17/h11H,2-10H2,1H3. The van der Waals surface area contributed by atoms with Crippen molar-refractivity contribution in [3.05, 3.63) is 15.6 Å². The lowest BCUT2D eigenvalue weighted by Crippen LogP contribution is -2.48. The van der Waals surface area contributed by atoms with Gasteiger partial charge in [-0.05, 0) is 32.9 Å². The van der Waals surface area contributed by atoms with Crippen molar-refractivity contribution < 1.29 is 9.59 Å². The molecule has 2 aliphatic rings. The van der Waals surface area contributed by atoms with Gasteiger partial charge in [0.05, 0.1) is 12.2 Å². The maximum Gasteiger partial charge on any atom is 0.265 e. The molecule has 0 aromatic carbocycles. The second-order valence-corrected chi connectivity index (χ2v) is 7.02. The molecular weight excluding hydrogens is 300 g/mol. The maximum absolute atomic E-state index is 12.6. The normalized spacial score (nSPS) is 19.7. The fraction of sp³-hybridized carbons (Fsp3) is 0.667. The summed E-state index contributed by atoms with van der Waals surface area (Å²) in [4.78, 5) is 34.7. The molecule has 6 nitrogen and oxygen atoms in total. The number of aryl methyl sites for hydroxylation is 1. The SMILES string of the molecule is Cc1nc(CN2CCCC2)sc1C(=O)N1CCN(C=O)CC1. The molecule has 22 heavy (non-hydrogen) atoms. The van der Waals surface area contributed by atoms with Crippen LogP contribution in [0.2, 0.25) is 0 Å². The van der Waals surface area contributed by atoms with Crippen molar-refractivity contribution in [2.24, 2.45) is 0 Å². The van der Waals surface area contributed by atoms with Gasteiger partial charge in [0.1, 0.15) is 9.88 Å². The zero-order valence-electron chi connectivity index (χ0n) is 13.0. The Labute approximate surface area is 134 Å². The number of carbonyl (C=O) groups excluding carboxylic acids is 2. The Hall–Kier alpha value is -1.47. The Bertz CT molecular complexity index is 546. The fourth-order valence-electron chi connectivity index (χ4n) is 3.02. The van der Waals surface area contributed by atoms with Crippen molar-refractivity contribution in [2.45, 2.75) is 26.3 Å². The van der Waals surface area contributed by atoms with Crippen LogP contribution in [0, 0.1) is 6.92 Å². The summed E-state index contributed by atoms with van der Waals surface area (Å²) in [6.07, 6.45) is 3.38. The number of hydrogen-bond acceptors (Lipinski definition) is 5. The van der Waals surface area contributed by atoms with Crippen molar-refractivity contribution in [3.8, 4) is 0 Å². The quantitative estimate of drug-likeness (QED) is 0.775. The largest absolute Gasteiger partial charge is 0.342 e. The number of rotatable bonds is 4. The molecule has 0 atom stereocenters. The van der Waals surface area contributed by atoms with Gasteiger partial charge < -0.3 is 9.80 Å². The smallest absolute Gasteiger partial charge is 0.265 e. The first kappa shape index (κ1) is 15.4. The summed E-state index contributed by atoms with van der Waals surface area (Å²) in [6, 6.07) is 0. The number of likely N-dealkylation sites (tertiary alicyclic amines) is 1. The van der Waals surface area contributed by atoms with Gasteiger partial charge in [-0.2, -0.15) is 0 Å². The van der Waals surface area contributed by atoms with Gasteiger partial charge in [0.2, 0.25) is 6.41 Å². The van der Waals surface area contributed by atoms with E-state index in [0.717, 1.165) is 41.6 Å². The van der Waals surface area contributed by atoms with E-state index in [1.54, 1.807) is 4.90 Å². The Kier molecular flexibility index (Phi) is 4.73. The number of nitrogens with zero attached hydrogens (tertiary/aromatic N) is 4. The molecule has 0 aliphatic carbocycles. The third-order valence-electron chi connectivity index (χ3n) is 4.34. The van der Waals surface area contributed by atoms with Crippen LogP contribution in [0.5, 0.6) is 0 Å². The van der Waals surface area contributed by atoms with E-state index in [2.05, 4.69) is 9.88 Å². The molecule has 0 spiro atoms. The minimum Gasteiger partial charge on any atom is -0.342 e. The molecule has 0 unspecified atom stereocenters. The van der Waals surface area contributed by atoms with E-state index in [-0.39, 0.29) is 5.91 Å². The van der Waals surface area contributed by atoms with Crippen molar-refractivity contribution in [3.63, 3.8) is 0 Å². The topological polar surface area (TPSA) is 56.8 Å². The van der Waals surface area contributed by atoms with Gasteiger partial charge in [-0.15, -0.1) is 11.3 Å². The number of thiazole rings is 1. The zero-order valence-corrected chi connectivity index (χ0v) is 13.8. The van der Waals surface area contributed by atoms with Crippen LogP contribution >= 0.6 is 11.3 Å². The highest BCUT2D eigenvalue weighted by Gasteiger charge is 2.25. The van der Waals surface area contributed by atoms with E-state index in [1.807, 2.05) is 11.8 Å². The average molecular weight is 322 g/mol. The average Bonchev–Trinajstić information content (AvgIpc) is 3.17. The van der Waals surface area contributed by atoms with Gasteiger partial charge in [-0.25, -0.2) is 4.98 Å². The number of piperazine rings is 1. The van der Waals surface area contributed by atoms with Crippen LogP contribution in [0.4, 0.5) is 0 Å². The summed E-state index contributed by atoms with van der Waals surface area (Å²) in [7, 11) is 0. The predicted molar refractivity (Wildman–Crippen MR) is 84.9 cm³/mol. The Balaban J connectivity index is 1.64. The van der Waals surface area contributed by atoms with E-state index in [9.17, 15) is 9.59 Å². The molecule has 2 saturated heterocycles. The molecule has 2 aliphatic heterocycles. The summed E-state index contributed by atoms with van der Waals surface area (Å²) in [5.74, 6) is 0.0632. The molecule has 2 amide bonds. The molecule has 0 bridgehead atoms. The van der Waals surface area contributed by atoms with Crippen LogP contribution in [0.3, 0.4) is 0 Å². The first-order valence-electron chi connectivity index (χ1n) is 7.84. The first-order chi connectivity index (χ1) is 10.7. The van der Waals surface area contributed by atoms with Crippen LogP contribution in [-0.4, -0.2) is 71.3 Å². The second-order valence-electron chi connectivity index (χ2n) is 5.94. The highest BCUT2D eigenvalue weighted by atomic mass is 32.1. The van der Waals surface area contributed by atoms with Gasteiger partial charge in [0, 0.05) is 26.2 Å². The molecule has 7 heteroatoms. The van der Waals surface area contributed by atoms with Gasteiger partial charge in [0.15, 0.2) is 0 Å². The van der Waals surface area contributed by atoms with Crippen LogP contribution in [0.1, 0.15) is 33.2 Å². The van der Waals surface area contributed by atoms with E-state index >= 15 is 0 Å². The number of hydrogen-bond donors (Lipinski definition) is 0. The van der Waals surface area contributed by atoms with Crippen LogP contribution < -0.4 is 0 Å². The minimum absolute atomic E-state index is 0.0632. The van der Waals surface area contributed by atoms with E-state index in [0.29, 0.717) is 26.2 Å². The number of aromatic nitrogens is 1. The molecule has 3 rings (SSSR count). The summed E-state index contributed by atoms with van der Waals surface area (Å²) >= 11 is 1.53. The Morgan fingerprint density at radius 1 is 1.18 bits per heavy atom. The first-order valence-corrected chi connectivity index (χ1v) is 8.66. The zero-order chi connectivity index (χ0) is 15.5. The highest BCUT2D eigenvalue weighted by Crippen LogP contribution is 2.23. The highest BCUT2D eigenvalue weighted by molar-refractivity contribution is 7.13. The maximum atomic E-state index is 12.6. The van der Waals surface area contributed by atoms with Crippen LogP contribution in [-0.2, 0) is 11.3 Å². The monoisotopic (exact) mass is 322 g/mol. The van der Waals surface area contributed by atoms with E-state index < -0.39 is 0 Å². The summed E-state index contributed by atoms with van der Waals surface area (Å²) in [5.41, 5.74) is 0.835. The van der Waals surface area contributed by atoms with Gasteiger partial charge >= 0.3 is 0 Å². The summed E-state index contributed by atoms with van der Waals surface area (Å²) < 4.78 is 0. The lowest BCUT2D eigenvalue weighted by molar-refractivity contribution is -0.119. The van der Waals surface area contributed by atoms with Gasteiger partial charge in [-0.3, -0.25) is 14.5 Å². The number of carbonyl (C=O) groups is 2. The van der Waals surface area contributed by atoms with E-state index in [4.69, 9.17) is 0 Å². The molecule has 3 heterocycles. The molecular formula is C15H22N4O2S. The van der Waals surface area contributed by atoms with Crippen LogP contribution in [0.25, 0.3) is 0 Å². The minimum atomic E-state index is 0.0632. The third kappa shape index (κ3) is 3.30. The molecule has 0 saturated carbocycles. The van der Waals surface area contributed by atoms with Crippen molar-refractivity contribution in [1.82, 2.24) is 19.7 Å². The Morgan fingerprint density at radius 2 is 1.86 bits per heavy atom. The van der Waals surface area contributed by atoms with Crippen molar-refractivity contribution in [1.29, 1.82) is 0 Å². The molecule has 1 aromatic heterocycles. The van der Waals surface area contributed by atoms with Gasteiger partial charge in [-0.1, -0.05) is 0 Å². The lowest BCUT2D eigenvalue weighted by atomic mass is 10.3. The Morgan fingerprint density at radius 3 is 2.50 bits per heavy atom. The van der Waals surface area contributed by atoms with Crippen molar-refractivity contribution in [2.75, 3.05) is 39.3 Å². The predicted octanol–water partition coefficient (Wildman–Crippen LogP) is 0.962. The van der Waals surface area contributed by atoms with E-state index in [1.165, 1.54) is 24.2 Å². The fourth-order valence-corrected chi connectivity index (χ4v) is 4.10. The molecule has 120 valence electrons. The molecule has 0 N–H and O–H groups in total. The molecule has 1 aromatic rings. The molecule has 2 fully saturated rings. The second kappa shape index (κ2) is 6.75. The van der Waals surface area contributed by atoms with Crippen LogP contribution in [0.15, 0.2) is 0 Å². The molecule has 0 radical (unpaired) electrons. The summed E-state index contributed by atoms with van der Waals surface area (Å²) in [5, 5.41) is 1.04. The third-order valence-corrected chi connectivity index (χ3v) is 5.47. The lowest BCUT2D eigenvalue weighted by Gasteiger charge is -2.32.